The molecular weight excluding hydrogens is 214 g/mol. The number of alkyl halides is 3. The Bertz CT molecular complexity index is 114. The second-order valence-electron chi connectivity index (χ2n) is 2.08. The summed E-state index contributed by atoms with van der Waals surface area (Å²) in [5.74, 6) is -2.70. The van der Waals surface area contributed by atoms with Crippen LogP contribution in [0.2, 0.25) is 0 Å². The summed E-state index contributed by atoms with van der Waals surface area (Å²) in [6.07, 6.45) is 0.292. The van der Waals surface area contributed by atoms with Gasteiger partial charge in [0.1, 0.15) is 5.38 Å². The zero-order valence-electron chi connectivity index (χ0n) is 5.54. The van der Waals surface area contributed by atoms with Gasteiger partial charge in [0.25, 0.3) is 5.97 Å². The van der Waals surface area contributed by atoms with E-state index in [0.29, 0.717) is 6.42 Å². The van der Waals surface area contributed by atoms with Gasteiger partial charge in [0.15, 0.2) is 0 Å². The zero-order chi connectivity index (χ0) is 9.07. The zero-order valence-corrected chi connectivity index (χ0v) is 7.81. The number of rotatable bonds is 4. The van der Waals surface area contributed by atoms with Crippen LogP contribution in [0.25, 0.3) is 0 Å². The molecule has 0 radical (unpaired) electrons. The molecule has 0 aromatic rings. The van der Waals surface area contributed by atoms with Crippen LogP contribution in [0.3, 0.4) is 0 Å². The third-order valence-electron chi connectivity index (χ3n) is 1.07. The Morgan fingerprint density at radius 2 is 1.64 bits per heavy atom. The van der Waals surface area contributed by atoms with Crippen molar-refractivity contribution in [3.63, 3.8) is 0 Å². The number of aliphatic hydroxyl groups is 3. The normalized spacial score (nSPS) is 18.0. The van der Waals surface area contributed by atoms with E-state index < -0.39 is 16.7 Å². The highest BCUT2D eigenvalue weighted by atomic mass is 35.5. The summed E-state index contributed by atoms with van der Waals surface area (Å²) < 4.78 is 0. The smallest absolute Gasteiger partial charge is 0.294 e. The number of halogens is 3. The lowest BCUT2D eigenvalue weighted by molar-refractivity contribution is -0.311. The molecule has 0 amide bonds. The summed E-state index contributed by atoms with van der Waals surface area (Å²) in [5.41, 5.74) is 0. The fourth-order valence-electron chi connectivity index (χ4n) is 0.493. The topological polar surface area (TPSA) is 60.7 Å². The van der Waals surface area contributed by atoms with Gasteiger partial charge in [-0.2, -0.15) is 0 Å². The van der Waals surface area contributed by atoms with E-state index in [1.807, 2.05) is 0 Å². The van der Waals surface area contributed by atoms with Gasteiger partial charge < -0.3 is 15.3 Å². The molecule has 68 valence electrons. The number of hydrogen-bond donors (Lipinski definition) is 3. The Morgan fingerprint density at radius 1 is 1.18 bits per heavy atom. The molecule has 2 atom stereocenters. The maximum atomic E-state index is 8.53. The summed E-state index contributed by atoms with van der Waals surface area (Å²) in [5, 5.41) is 23.5. The van der Waals surface area contributed by atoms with Crippen LogP contribution in [-0.4, -0.2) is 37.9 Å². The SMILES string of the molecule is OC(O)(O)C(Cl)C(Cl)CCCl. The summed E-state index contributed by atoms with van der Waals surface area (Å²) >= 11 is 16.2. The molecule has 0 aliphatic rings. The molecule has 0 saturated heterocycles. The molecule has 0 saturated carbocycles. The standard InChI is InChI=1S/C5H9Cl3O3/c6-2-1-3(7)4(8)5(9,10)11/h3-4,9-11H,1-2H2. The maximum absolute atomic E-state index is 8.53. The summed E-state index contributed by atoms with van der Waals surface area (Å²) in [6, 6.07) is 0. The lowest BCUT2D eigenvalue weighted by atomic mass is 10.2. The van der Waals surface area contributed by atoms with Crippen LogP contribution in [0, 0.1) is 0 Å². The van der Waals surface area contributed by atoms with Crippen molar-refractivity contribution in [3.05, 3.63) is 0 Å². The van der Waals surface area contributed by atoms with E-state index in [9.17, 15) is 0 Å². The third kappa shape index (κ3) is 4.35. The molecule has 0 bridgehead atoms. The number of hydrogen-bond acceptors (Lipinski definition) is 3. The first-order chi connectivity index (χ1) is 4.89. The predicted octanol–water partition coefficient (Wildman–Crippen LogP) is 0.461. The van der Waals surface area contributed by atoms with Crippen LogP contribution in [0.5, 0.6) is 0 Å². The van der Waals surface area contributed by atoms with E-state index in [4.69, 9.17) is 50.1 Å². The van der Waals surface area contributed by atoms with Crippen LogP contribution in [-0.2, 0) is 0 Å². The van der Waals surface area contributed by atoms with Crippen molar-refractivity contribution in [1.29, 1.82) is 0 Å². The van der Waals surface area contributed by atoms with Gasteiger partial charge in [-0.1, -0.05) is 0 Å². The van der Waals surface area contributed by atoms with Crippen LogP contribution in [0.15, 0.2) is 0 Å². The van der Waals surface area contributed by atoms with Crippen molar-refractivity contribution in [3.8, 4) is 0 Å². The van der Waals surface area contributed by atoms with Gasteiger partial charge in [-0.15, -0.1) is 34.8 Å². The van der Waals surface area contributed by atoms with Crippen LogP contribution < -0.4 is 0 Å². The molecule has 6 heteroatoms. The van der Waals surface area contributed by atoms with Crippen LogP contribution in [0.4, 0.5) is 0 Å². The monoisotopic (exact) mass is 222 g/mol. The Balaban J connectivity index is 3.91. The summed E-state index contributed by atoms with van der Waals surface area (Å²) in [6.45, 7) is 0. The average molecular weight is 223 g/mol. The molecule has 0 fully saturated rings. The van der Waals surface area contributed by atoms with Crippen LogP contribution >= 0.6 is 34.8 Å². The molecule has 3 N–H and O–H groups in total. The fourth-order valence-corrected chi connectivity index (χ4v) is 1.24. The van der Waals surface area contributed by atoms with Gasteiger partial charge >= 0.3 is 0 Å². The molecule has 0 rings (SSSR count). The molecule has 0 heterocycles. The average Bonchev–Trinajstić information content (AvgIpc) is 1.85. The molecule has 11 heavy (non-hydrogen) atoms. The summed E-state index contributed by atoms with van der Waals surface area (Å²) in [7, 11) is 0. The van der Waals surface area contributed by atoms with E-state index >= 15 is 0 Å². The fraction of sp³-hybridized carbons (Fsp3) is 1.00. The molecule has 2 unspecified atom stereocenters. The third-order valence-corrected chi connectivity index (χ3v) is 2.49. The summed E-state index contributed by atoms with van der Waals surface area (Å²) in [4.78, 5) is 0. The maximum Gasteiger partial charge on any atom is 0.294 e. The van der Waals surface area contributed by atoms with Gasteiger partial charge in [0, 0.05) is 5.88 Å². The Morgan fingerprint density at radius 3 is 1.91 bits per heavy atom. The Kier molecular flexibility index (Phi) is 5.02. The van der Waals surface area contributed by atoms with Gasteiger partial charge in [-0.3, -0.25) is 0 Å². The quantitative estimate of drug-likeness (QED) is 0.479. The molecule has 0 spiro atoms. The Hall–Kier alpha value is 0.750. The first kappa shape index (κ1) is 11.8. The molecule has 0 aromatic carbocycles. The van der Waals surface area contributed by atoms with Gasteiger partial charge in [-0.05, 0) is 6.42 Å². The molecule has 0 aliphatic heterocycles. The van der Waals surface area contributed by atoms with E-state index in [2.05, 4.69) is 0 Å². The predicted molar refractivity (Wildman–Crippen MR) is 44.0 cm³/mol. The van der Waals surface area contributed by atoms with Crippen molar-refractivity contribution in [2.24, 2.45) is 0 Å². The molecule has 0 aromatic heterocycles. The van der Waals surface area contributed by atoms with Crippen molar-refractivity contribution in [1.82, 2.24) is 0 Å². The van der Waals surface area contributed by atoms with Crippen LogP contribution in [0.1, 0.15) is 6.42 Å². The lowest BCUT2D eigenvalue weighted by Gasteiger charge is -2.23. The molecule has 3 nitrogen and oxygen atoms in total. The van der Waals surface area contributed by atoms with E-state index in [1.54, 1.807) is 0 Å². The van der Waals surface area contributed by atoms with Crippen molar-refractivity contribution in [2.75, 3.05) is 5.88 Å². The highest BCUT2D eigenvalue weighted by molar-refractivity contribution is 6.30. The highest BCUT2D eigenvalue weighted by Crippen LogP contribution is 2.21. The van der Waals surface area contributed by atoms with E-state index in [-0.39, 0.29) is 5.88 Å². The van der Waals surface area contributed by atoms with E-state index in [0.717, 1.165) is 0 Å². The van der Waals surface area contributed by atoms with Crippen molar-refractivity contribution < 1.29 is 15.3 Å². The minimum absolute atomic E-state index is 0.244. The van der Waals surface area contributed by atoms with Crippen molar-refractivity contribution >= 4 is 34.8 Å². The highest BCUT2D eigenvalue weighted by Gasteiger charge is 2.35. The lowest BCUT2D eigenvalue weighted by Crippen LogP contribution is -2.43. The second-order valence-corrected chi connectivity index (χ2v) is 3.49. The van der Waals surface area contributed by atoms with Crippen molar-refractivity contribution in [2.45, 2.75) is 23.1 Å². The first-order valence-corrected chi connectivity index (χ1v) is 4.31. The molecular formula is C5H9Cl3O3. The minimum Gasteiger partial charge on any atom is -0.342 e. The largest absolute Gasteiger partial charge is 0.342 e. The molecule has 0 aliphatic carbocycles. The Labute approximate surface area is 79.5 Å². The van der Waals surface area contributed by atoms with Gasteiger partial charge in [0.05, 0.1) is 5.38 Å². The minimum atomic E-state index is -2.94. The van der Waals surface area contributed by atoms with E-state index in [1.165, 1.54) is 0 Å². The van der Waals surface area contributed by atoms with Gasteiger partial charge in [0.2, 0.25) is 0 Å². The first-order valence-electron chi connectivity index (χ1n) is 2.90. The second kappa shape index (κ2) is 4.70. The van der Waals surface area contributed by atoms with Gasteiger partial charge in [-0.25, -0.2) is 0 Å².